The minimum Gasteiger partial charge on any atom is -0.382 e. The number of ether oxygens (including phenoxy) is 1. The highest BCUT2D eigenvalue weighted by molar-refractivity contribution is 5.99. The van der Waals surface area contributed by atoms with Crippen molar-refractivity contribution >= 4 is 5.78 Å². The molecule has 0 bridgehead atoms. The van der Waals surface area contributed by atoms with Gasteiger partial charge < -0.3 is 9.30 Å². The molecule has 16 heavy (non-hydrogen) atoms. The Bertz CT molecular complexity index is 353. The van der Waals surface area contributed by atoms with Crippen LogP contribution in [0.4, 0.5) is 0 Å². The van der Waals surface area contributed by atoms with E-state index < -0.39 is 0 Å². The van der Waals surface area contributed by atoms with Crippen LogP contribution in [-0.2, 0) is 11.3 Å². The second-order valence-corrected chi connectivity index (χ2v) is 4.33. The summed E-state index contributed by atoms with van der Waals surface area (Å²) >= 11 is 0. The second kappa shape index (κ2) is 5.30. The van der Waals surface area contributed by atoms with Crippen LogP contribution >= 0.6 is 0 Å². The molecule has 0 atom stereocenters. The molecule has 1 aliphatic rings. The van der Waals surface area contributed by atoms with Crippen LogP contribution in [0.5, 0.6) is 0 Å². The monoisotopic (exact) mass is 221 g/mol. The predicted octanol–water partition coefficient (Wildman–Crippen LogP) is 2.51. The van der Waals surface area contributed by atoms with Crippen LogP contribution in [0.2, 0.25) is 0 Å². The van der Waals surface area contributed by atoms with E-state index in [1.807, 2.05) is 25.4 Å². The number of carbonyl (C=O) groups is 1. The maximum Gasteiger partial charge on any atom is 0.167 e. The fourth-order valence-electron chi connectivity index (χ4n) is 1.80. The van der Waals surface area contributed by atoms with Crippen LogP contribution in [-0.4, -0.2) is 23.6 Å². The van der Waals surface area contributed by atoms with Gasteiger partial charge in [0.05, 0.1) is 0 Å². The summed E-state index contributed by atoms with van der Waals surface area (Å²) in [4.78, 5) is 11.8. The molecule has 0 radical (unpaired) electrons. The molecule has 1 fully saturated rings. The number of aromatic nitrogens is 1. The fraction of sp³-hybridized carbons (Fsp3) is 0.615. The van der Waals surface area contributed by atoms with E-state index in [-0.39, 0.29) is 0 Å². The molecule has 0 N–H and O–H groups in total. The number of hydrogen-bond donors (Lipinski definition) is 0. The quantitative estimate of drug-likeness (QED) is 0.523. The number of carbonyl (C=O) groups excluding carboxylic acids is 1. The molecule has 88 valence electrons. The van der Waals surface area contributed by atoms with E-state index in [4.69, 9.17) is 4.74 Å². The zero-order chi connectivity index (χ0) is 11.4. The summed E-state index contributed by atoms with van der Waals surface area (Å²) in [5.41, 5.74) is 0.874. The van der Waals surface area contributed by atoms with Gasteiger partial charge in [-0.1, -0.05) is 0 Å². The highest BCUT2D eigenvalue weighted by Gasteiger charge is 2.30. The summed E-state index contributed by atoms with van der Waals surface area (Å²) < 4.78 is 7.36. The third kappa shape index (κ3) is 2.95. The van der Waals surface area contributed by atoms with Gasteiger partial charge >= 0.3 is 0 Å². The second-order valence-electron chi connectivity index (χ2n) is 4.33. The first-order chi connectivity index (χ1) is 7.81. The lowest BCUT2D eigenvalue weighted by atomic mass is 10.1. The molecule has 1 saturated carbocycles. The number of rotatable bonds is 7. The molecule has 0 spiro atoms. The molecule has 3 heteroatoms. The largest absolute Gasteiger partial charge is 0.382 e. The molecule has 1 heterocycles. The lowest BCUT2D eigenvalue weighted by Crippen LogP contribution is -2.02. The first-order valence-corrected chi connectivity index (χ1v) is 6.09. The summed E-state index contributed by atoms with van der Waals surface area (Å²) in [6, 6.07) is 1.93. The third-order valence-electron chi connectivity index (χ3n) is 2.89. The van der Waals surface area contributed by atoms with Crippen LogP contribution in [0.3, 0.4) is 0 Å². The molecule has 3 nitrogen and oxygen atoms in total. The van der Waals surface area contributed by atoms with Gasteiger partial charge in [0.2, 0.25) is 0 Å². The highest BCUT2D eigenvalue weighted by Crippen LogP contribution is 2.32. The van der Waals surface area contributed by atoms with Gasteiger partial charge in [-0.05, 0) is 32.3 Å². The van der Waals surface area contributed by atoms with Crippen molar-refractivity contribution in [3.8, 4) is 0 Å². The normalized spacial score (nSPS) is 15.3. The number of aryl methyl sites for hydroxylation is 1. The van der Waals surface area contributed by atoms with Gasteiger partial charge in [-0.3, -0.25) is 4.79 Å². The molecular weight excluding hydrogens is 202 g/mol. The fourth-order valence-corrected chi connectivity index (χ4v) is 1.80. The van der Waals surface area contributed by atoms with Gasteiger partial charge in [0, 0.05) is 43.6 Å². The number of ketones is 1. The molecule has 1 aromatic rings. The SMILES string of the molecule is CCOCCCn1ccc(C(=O)C2CC2)c1. The van der Waals surface area contributed by atoms with Crippen LogP contribution in [0.25, 0.3) is 0 Å². The van der Waals surface area contributed by atoms with E-state index in [1.54, 1.807) is 0 Å². The van der Waals surface area contributed by atoms with Crippen LogP contribution < -0.4 is 0 Å². The number of Topliss-reactive ketones (excluding diaryl/α,β-unsaturated/α-hetero) is 1. The summed E-state index contributed by atoms with van der Waals surface area (Å²) in [5, 5.41) is 0. The van der Waals surface area contributed by atoms with E-state index in [0.717, 1.165) is 44.6 Å². The average molecular weight is 221 g/mol. The number of hydrogen-bond acceptors (Lipinski definition) is 2. The highest BCUT2D eigenvalue weighted by atomic mass is 16.5. The zero-order valence-corrected chi connectivity index (χ0v) is 9.82. The predicted molar refractivity (Wildman–Crippen MR) is 62.6 cm³/mol. The van der Waals surface area contributed by atoms with Gasteiger partial charge in [-0.2, -0.15) is 0 Å². The first-order valence-electron chi connectivity index (χ1n) is 6.09. The van der Waals surface area contributed by atoms with Crippen LogP contribution in [0.1, 0.15) is 36.5 Å². The van der Waals surface area contributed by atoms with Gasteiger partial charge in [0.1, 0.15) is 0 Å². The molecule has 1 aromatic heterocycles. The smallest absolute Gasteiger partial charge is 0.167 e. The third-order valence-corrected chi connectivity index (χ3v) is 2.89. The van der Waals surface area contributed by atoms with Crippen LogP contribution in [0, 0.1) is 5.92 Å². The maximum atomic E-state index is 11.8. The molecule has 0 aromatic carbocycles. The van der Waals surface area contributed by atoms with Crippen molar-refractivity contribution in [1.82, 2.24) is 4.57 Å². The Balaban J connectivity index is 1.80. The Labute approximate surface area is 96.4 Å². The summed E-state index contributed by atoms with van der Waals surface area (Å²) in [6.45, 7) is 4.50. The van der Waals surface area contributed by atoms with Crippen LogP contribution in [0.15, 0.2) is 18.5 Å². The number of nitrogens with zero attached hydrogens (tertiary/aromatic N) is 1. The van der Waals surface area contributed by atoms with Crippen molar-refractivity contribution < 1.29 is 9.53 Å². The van der Waals surface area contributed by atoms with Crippen molar-refractivity contribution in [2.24, 2.45) is 5.92 Å². The molecular formula is C13H19NO2. The van der Waals surface area contributed by atoms with Gasteiger partial charge in [-0.25, -0.2) is 0 Å². The molecule has 0 unspecified atom stereocenters. The van der Waals surface area contributed by atoms with Crippen molar-refractivity contribution in [1.29, 1.82) is 0 Å². The molecule has 2 rings (SSSR count). The summed E-state index contributed by atoms with van der Waals surface area (Å²) in [6.07, 6.45) is 7.11. The minimum absolute atomic E-state index is 0.319. The van der Waals surface area contributed by atoms with Gasteiger partial charge in [-0.15, -0.1) is 0 Å². The lowest BCUT2D eigenvalue weighted by molar-refractivity contribution is 0.0967. The van der Waals surface area contributed by atoms with E-state index in [2.05, 4.69) is 4.57 Å². The van der Waals surface area contributed by atoms with Crippen molar-refractivity contribution in [2.75, 3.05) is 13.2 Å². The van der Waals surface area contributed by atoms with Crippen molar-refractivity contribution in [2.45, 2.75) is 32.7 Å². The van der Waals surface area contributed by atoms with E-state index >= 15 is 0 Å². The standard InChI is InChI=1S/C13H19NO2/c1-2-16-9-3-7-14-8-6-12(10-14)13(15)11-4-5-11/h6,8,10-11H,2-5,7,9H2,1H3. The van der Waals surface area contributed by atoms with Gasteiger partial charge in [0.15, 0.2) is 5.78 Å². The van der Waals surface area contributed by atoms with E-state index in [9.17, 15) is 4.79 Å². The van der Waals surface area contributed by atoms with Crippen molar-refractivity contribution in [3.05, 3.63) is 24.0 Å². The molecule has 0 amide bonds. The Morgan fingerprint density at radius 1 is 1.56 bits per heavy atom. The minimum atomic E-state index is 0.319. The Hall–Kier alpha value is -1.09. The molecule has 1 aliphatic carbocycles. The summed E-state index contributed by atoms with van der Waals surface area (Å²) in [7, 11) is 0. The Morgan fingerprint density at radius 2 is 2.38 bits per heavy atom. The topological polar surface area (TPSA) is 31.2 Å². The Morgan fingerprint density at radius 3 is 3.06 bits per heavy atom. The summed E-state index contributed by atoms with van der Waals surface area (Å²) in [5.74, 6) is 0.642. The molecule has 0 aliphatic heterocycles. The van der Waals surface area contributed by atoms with Crippen molar-refractivity contribution in [3.63, 3.8) is 0 Å². The Kier molecular flexibility index (Phi) is 3.78. The van der Waals surface area contributed by atoms with Gasteiger partial charge in [0.25, 0.3) is 0 Å². The van der Waals surface area contributed by atoms with E-state index in [0.29, 0.717) is 11.7 Å². The lowest BCUT2D eigenvalue weighted by Gasteiger charge is -2.02. The average Bonchev–Trinajstić information content (AvgIpc) is 3.03. The van der Waals surface area contributed by atoms with E-state index in [1.165, 1.54) is 0 Å². The zero-order valence-electron chi connectivity index (χ0n) is 9.82. The molecule has 0 saturated heterocycles. The first kappa shape index (κ1) is 11.4. The maximum absolute atomic E-state index is 11.8.